The second kappa shape index (κ2) is 9.57. The number of hydrogen-bond acceptors (Lipinski definition) is 9. The van der Waals surface area contributed by atoms with E-state index in [0.717, 1.165) is 61.4 Å². The zero-order valence-corrected chi connectivity index (χ0v) is 20.5. The molecule has 1 fully saturated rings. The molecule has 2 aliphatic heterocycles. The predicted molar refractivity (Wildman–Crippen MR) is 133 cm³/mol. The number of sulfonamides is 1. The van der Waals surface area contributed by atoms with Gasteiger partial charge in [0, 0.05) is 62.1 Å². The molecule has 2 aromatic heterocycles. The number of nitrogens with one attached hydrogen (secondary N) is 1. The largest absolute Gasteiger partial charge is 0.474 e. The van der Waals surface area contributed by atoms with Crippen molar-refractivity contribution in [1.82, 2.24) is 24.7 Å². The molecule has 4 heterocycles. The Bertz CT molecular complexity index is 1340. The van der Waals surface area contributed by atoms with Gasteiger partial charge in [-0.05, 0) is 24.1 Å². The fourth-order valence-corrected chi connectivity index (χ4v) is 4.76. The maximum Gasteiger partial charge on any atom is 0.229 e. The van der Waals surface area contributed by atoms with Crippen LogP contribution in [0.3, 0.4) is 0 Å². The van der Waals surface area contributed by atoms with Crippen LogP contribution in [0.15, 0.2) is 59.3 Å². The van der Waals surface area contributed by atoms with Gasteiger partial charge in [-0.15, -0.1) is 0 Å². The van der Waals surface area contributed by atoms with Crippen LogP contribution in [0.1, 0.15) is 37.4 Å². The number of aromatic nitrogens is 4. The van der Waals surface area contributed by atoms with E-state index in [1.807, 2.05) is 24.5 Å². The lowest BCUT2D eigenvalue weighted by molar-refractivity contribution is 0.163. The molecule has 0 radical (unpaired) electrons. The van der Waals surface area contributed by atoms with Crippen molar-refractivity contribution in [2.45, 2.75) is 38.7 Å². The second-order valence-corrected chi connectivity index (χ2v) is 10.5. The lowest BCUT2D eigenvalue weighted by Gasteiger charge is -2.31. The molecule has 0 spiro atoms. The molecule has 10 nitrogen and oxygen atoms in total. The third-order valence-electron chi connectivity index (χ3n) is 6.03. The smallest absolute Gasteiger partial charge is 0.229 e. The molecule has 2 aromatic rings. The highest BCUT2D eigenvalue weighted by molar-refractivity contribution is 7.88. The Hall–Kier alpha value is -3.60. The minimum atomic E-state index is -3.33. The molecule has 0 bridgehead atoms. The summed E-state index contributed by atoms with van der Waals surface area (Å²) in [7, 11) is -3.33. The topological polar surface area (TPSA) is 123 Å². The van der Waals surface area contributed by atoms with Gasteiger partial charge in [-0.2, -0.15) is 0 Å². The molecule has 11 heteroatoms. The van der Waals surface area contributed by atoms with Crippen LogP contribution >= 0.6 is 0 Å². The van der Waals surface area contributed by atoms with Crippen LogP contribution in [0.5, 0.6) is 5.88 Å². The standard InChI is InChI=1S/C24H27N7O3S/c1-3-16-13-25-24(26-14-16)31-8-6-19(7-9-31)34-23-12-21(27-15-28-23)22-11-17-10-18(30-35(2,32)33)4-5-20(17)29-22/h4,10-15,19,30H,3,5-9H2,1-2H3. The normalized spacial score (nSPS) is 18.3. The lowest BCUT2D eigenvalue weighted by Crippen LogP contribution is -2.39. The number of ether oxygens (including phenoxy) is 1. The van der Waals surface area contributed by atoms with E-state index in [9.17, 15) is 8.42 Å². The van der Waals surface area contributed by atoms with Crippen molar-refractivity contribution in [2.75, 3.05) is 24.2 Å². The number of allylic oxidation sites excluding steroid dienone is 4. The van der Waals surface area contributed by atoms with E-state index >= 15 is 0 Å². The van der Waals surface area contributed by atoms with E-state index in [-0.39, 0.29) is 6.10 Å². The Balaban J connectivity index is 1.22. The summed E-state index contributed by atoms with van der Waals surface area (Å²) in [5.41, 5.74) is 4.79. The minimum Gasteiger partial charge on any atom is -0.474 e. The molecule has 5 rings (SSSR count). The van der Waals surface area contributed by atoms with E-state index in [1.54, 1.807) is 12.1 Å². The highest BCUT2D eigenvalue weighted by atomic mass is 32.2. The first-order valence-electron chi connectivity index (χ1n) is 11.6. The van der Waals surface area contributed by atoms with Gasteiger partial charge in [0.1, 0.15) is 12.4 Å². The number of nitrogens with zero attached hydrogens (tertiary/aromatic N) is 6. The fourth-order valence-electron chi connectivity index (χ4n) is 4.19. The van der Waals surface area contributed by atoms with E-state index in [0.29, 0.717) is 29.4 Å². The maximum absolute atomic E-state index is 11.5. The quantitative estimate of drug-likeness (QED) is 0.624. The van der Waals surface area contributed by atoms with Gasteiger partial charge < -0.3 is 9.64 Å². The van der Waals surface area contributed by atoms with Crippen molar-refractivity contribution in [2.24, 2.45) is 4.99 Å². The molecule has 1 saturated heterocycles. The first-order chi connectivity index (χ1) is 16.9. The molecule has 0 amide bonds. The molecule has 1 N–H and O–H groups in total. The molecule has 35 heavy (non-hydrogen) atoms. The first kappa shape index (κ1) is 23.2. The van der Waals surface area contributed by atoms with Crippen LogP contribution in [0, 0.1) is 0 Å². The van der Waals surface area contributed by atoms with Gasteiger partial charge in [-0.25, -0.2) is 28.4 Å². The zero-order chi connectivity index (χ0) is 24.4. The van der Waals surface area contributed by atoms with Gasteiger partial charge in [0.25, 0.3) is 0 Å². The second-order valence-electron chi connectivity index (χ2n) is 8.72. The third-order valence-corrected chi connectivity index (χ3v) is 6.63. The molecule has 0 unspecified atom stereocenters. The minimum absolute atomic E-state index is 0.0481. The molecule has 182 valence electrons. The van der Waals surface area contributed by atoms with E-state index in [1.165, 1.54) is 6.33 Å². The summed E-state index contributed by atoms with van der Waals surface area (Å²) < 4.78 is 31.7. The van der Waals surface area contributed by atoms with Crippen molar-refractivity contribution >= 4 is 27.4 Å². The zero-order valence-electron chi connectivity index (χ0n) is 19.7. The van der Waals surface area contributed by atoms with Crippen LogP contribution < -0.4 is 14.4 Å². The number of fused-ring (bicyclic) bond motifs is 1. The molecule has 3 aliphatic rings. The van der Waals surface area contributed by atoms with Crippen molar-refractivity contribution in [3.63, 3.8) is 0 Å². The number of piperidine rings is 1. The summed E-state index contributed by atoms with van der Waals surface area (Å²) in [5, 5.41) is 0. The lowest BCUT2D eigenvalue weighted by atomic mass is 10.0. The van der Waals surface area contributed by atoms with Gasteiger partial charge in [0.15, 0.2) is 0 Å². The van der Waals surface area contributed by atoms with Crippen molar-refractivity contribution < 1.29 is 13.2 Å². The third kappa shape index (κ3) is 5.56. The molecule has 0 aromatic carbocycles. The monoisotopic (exact) mass is 493 g/mol. The number of anilines is 1. The fraction of sp³-hybridized carbons (Fsp3) is 0.375. The Kier molecular flexibility index (Phi) is 6.33. The molecule has 0 saturated carbocycles. The predicted octanol–water partition coefficient (Wildman–Crippen LogP) is 2.44. The van der Waals surface area contributed by atoms with E-state index in [2.05, 4.69) is 41.5 Å². The molecular weight excluding hydrogens is 466 g/mol. The summed E-state index contributed by atoms with van der Waals surface area (Å²) in [5.74, 6) is 1.27. The van der Waals surface area contributed by atoms with Crippen LogP contribution in [-0.2, 0) is 16.4 Å². The number of rotatable bonds is 7. The van der Waals surface area contributed by atoms with Crippen molar-refractivity contribution in [3.8, 4) is 5.88 Å². The first-order valence-corrected chi connectivity index (χ1v) is 13.5. The van der Waals surface area contributed by atoms with Gasteiger partial charge in [0.2, 0.25) is 21.9 Å². The number of aliphatic imine (C=N–C) groups is 1. The summed E-state index contributed by atoms with van der Waals surface area (Å²) in [4.78, 5) is 24.5. The summed E-state index contributed by atoms with van der Waals surface area (Å²) >= 11 is 0. The van der Waals surface area contributed by atoms with Crippen molar-refractivity contribution in [1.29, 1.82) is 0 Å². The molecule has 1 aliphatic carbocycles. The van der Waals surface area contributed by atoms with Crippen LogP contribution in [-0.4, -0.2) is 59.5 Å². The highest BCUT2D eigenvalue weighted by Crippen LogP contribution is 2.30. The van der Waals surface area contributed by atoms with Crippen LogP contribution in [0.4, 0.5) is 5.95 Å². The van der Waals surface area contributed by atoms with E-state index in [4.69, 9.17) is 4.74 Å². The van der Waals surface area contributed by atoms with Gasteiger partial charge in [0.05, 0.1) is 23.4 Å². The van der Waals surface area contributed by atoms with Crippen LogP contribution in [0.2, 0.25) is 0 Å². The summed E-state index contributed by atoms with van der Waals surface area (Å²) in [6, 6.07) is 1.80. The Labute approximate surface area is 204 Å². The average Bonchev–Trinajstić information content (AvgIpc) is 3.27. The van der Waals surface area contributed by atoms with Gasteiger partial charge >= 0.3 is 0 Å². The number of aryl methyl sites for hydroxylation is 1. The van der Waals surface area contributed by atoms with Gasteiger partial charge in [-0.3, -0.25) is 9.71 Å². The van der Waals surface area contributed by atoms with Gasteiger partial charge in [-0.1, -0.05) is 13.0 Å². The summed E-state index contributed by atoms with van der Waals surface area (Å²) in [6.45, 7) is 3.72. The van der Waals surface area contributed by atoms with Crippen LogP contribution in [0.25, 0.3) is 5.70 Å². The molecular formula is C24H27N7O3S. The Morgan fingerprint density at radius 1 is 1.11 bits per heavy atom. The average molecular weight is 494 g/mol. The molecule has 0 atom stereocenters. The van der Waals surface area contributed by atoms with Crippen molar-refractivity contribution in [3.05, 3.63) is 65.5 Å². The Morgan fingerprint density at radius 2 is 1.89 bits per heavy atom. The SMILES string of the molecule is CCc1cnc(N2CCC(Oc3cc(C4=CC5=CC(NS(C)(=O)=O)=CCC5=N4)ncn3)CC2)nc1. The van der Waals surface area contributed by atoms with E-state index < -0.39 is 10.0 Å². The maximum atomic E-state index is 11.5. The highest BCUT2D eigenvalue weighted by Gasteiger charge is 2.24. The number of hydrogen-bond donors (Lipinski definition) is 1. The summed E-state index contributed by atoms with van der Waals surface area (Å²) in [6.07, 6.45) is 15.1. The Morgan fingerprint density at radius 3 is 2.60 bits per heavy atom.